The van der Waals surface area contributed by atoms with E-state index in [0.29, 0.717) is 22.5 Å². The Bertz CT molecular complexity index is 436. The Morgan fingerprint density at radius 3 is 2.82 bits per heavy atom. The van der Waals surface area contributed by atoms with Gasteiger partial charge in [-0.15, -0.1) is 0 Å². The fourth-order valence-corrected chi connectivity index (χ4v) is 2.71. The zero-order valence-electron chi connectivity index (χ0n) is 10.0. The van der Waals surface area contributed by atoms with Crippen LogP contribution in [0.1, 0.15) is 38.2 Å². The fourth-order valence-electron chi connectivity index (χ4n) is 2.49. The van der Waals surface area contributed by atoms with Gasteiger partial charge in [0.1, 0.15) is 6.07 Å². The minimum atomic E-state index is 0.467. The molecular formula is C14H17ClN2. The van der Waals surface area contributed by atoms with Crippen LogP contribution in [0, 0.1) is 17.2 Å². The average Bonchev–Trinajstić information content (AvgIpc) is 2.32. The number of nitriles is 1. The summed E-state index contributed by atoms with van der Waals surface area (Å²) in [6.45, 7) is 2.27. The molecule has 90 valence electrons. The summed E-state index contributed by atoms with van der Waals surface area (Å²) in [6, 6.07) is 8.22. The summed E-state index contributed by atoms with van der Waals surface area (Å²) in [4.78, 5) is 0. The summed E-state index contributed by atoms with van der Waals surface area (Å²) in [5.74, 6) is 0.661. The van der Waals surface area contributed by atoms with E-state index in [2.05, 4.69) is 18.3 Å². The van der Waals surface area contributed by atoms with Crippen LogP contribution in [0.2, 0.25) is 5.02 Å². The number of nitrogens with zero attached hydrogens (tertiary/aromatic N) is 1. The van der Waals surface area contributed by atoms with Crippen LogP contribution in [0.5, 0.6) is 0 Å². The van der Waals surface area contributed by atoms with Crippen LogP contribution < -0.4 is 5.32 Å². The molecule has 0 amide bonds. The second-order valence-electron chi connectivity index (χ2n) is 4.79. The molecule has 1 N–H and O–H groups in total. The Balaban J connectivity index is 2.18. The molecule has 0 aliphatic heterocycles. The molecule has 1 saturated carbocycles. The van der Waals surface area contributed by atoms with Crippen molar-refractivity contribution in [2.45, 2.75) is 38.6 Å². The minimum absolute atomic E-state index is 0.467. The molecular weight excluding hydrogens is 232 g/mol. The largest absolute Gasteiger partial charge is 0.381 e. The van der Waals surface area contributed by atoms with Crippen molar-refractivity contribution in [3.63, 3.8) is 0 Å². The van der Waals surface area contributed by atoms with Crippen LogP contribution in [0.3, 0.4) is 0 Å². The molecule has 1 aromatic rings. The van der Waals surface area contributed by atoms with Crippen LogP contribution in [0.15, 0.2) is 18.2 Å². The molecule has 1 aliphatic rings. The Labute approximate surface area is 108 Å². The second-order valence-corrected chi connectivity index (χ2v) is 5.19. The molecule has 1 aromatic carbocycles. The maximum atomic E-state index is 9.12. The van der Waals surface area contributed by atoms with Crippen molar-refractivity contribution >= 4 is 17.3 Å². The van der Waals surface area contributed by atoms with Gasteiger partial charge in [0, 0.05) is 6.04 Å². The third-order valence-electron chi connectivity index (χ3n) is 3.58. The summed E-state index contributed by atoms with van der Waals surface area (Å²) in [7, 11) is 0. The first-order valence-electron chi connectivity index (χ1n) is 6.17. The number of hydrogen-bond acceptors (Lipinski definition) is 2. The molecule has 1 fully saturated rings. The Morgan fingerprint density at radius 1 is 1.35 bits per heavy atom. The lowest BCUT2D eigenvalue weighted by Crippen LogP contribution is -2.30. The highest BCUT2D eigenvalue weighted by Crippen LogP contribution is 2.30. The predicted molar refractivity (Wildman–Crippen MR) is 71.2 cm³/mol. The summed E-state index contributed by atoms with van der Waals surface area (Å²) in [5.41, 5.74) is 1.44. The molecule has 2 unspecified atom stereocenters. The number of nitrogens with one attached hydrogen (secondary N) is 1. The van der Waals surface area contributed by atoms with Crippen LogP contribution in [0.4, 0.5) is 5.69 Å². The lowest BCUT2D eigenvalue weighted by Gasteiger charge is -2.30. The molecule has 0 heterocycles. The third kappa shape index (κ3) is 2.73. The van der Waals surface area contributed by atoms with E-state index in [4.69, 9.17) is 16.9 Å². The first-order chi connectivity index (χ1) is 8.22. The summed E-state index contributed by atoms with van der Waals surface area (Å²) in [5, 5.41) is 13.1. The predicted octanol–water partition coefficient (Wildman–Crippen LogP) is 4.20. The van der Waals surface area contributed by atoms with Crippen molar-refractivity contribution < 1.29 is 0 Å². The van der Waals surface area contributed by atoms with Gasteiger partial charge in [-0.1, -0.05) is 37.4 Å². The lowest BCUT2D eigenvalue weighted by molar-refractivity contribution is 0.349. The SMILES string of the molecule is CC1CCCCC1Nc1cccc(Cl)c1C#N. The molecule has 0 radical (unpaired) electrons. The van der Waals surface area contributed by atoms with Gasteiger partial charge in [-0.05, 0) is 30.9 Å². The van der Waals surface area contributed by atoms with Gasteiger partial charge in [0.25, 0.3) is 0 Å². The van der Waals surface area contributed by atoms with Gasteiger partial charge >= 0.3 is 0 Å². The van der Waals surface area contributed by atoms with E-state index in [9.17, 15) is 0 Å². The summed E-state index contributed by atoms with van der Waals surface area (Å²) in [6.07, 6.45) is 5.03. The van der Waals surface area contributed by atoms with E-state index in [-0.39, 0.29) is 0 Å². The van der Waals surface area contributed by atoms with Gasteiger partial charge in [0.2, 0.25) is 0 Å². The molecule has 2 nitrogen and oxygen atoms in total. The van der Waals surface area contributed by atoms with E-state index in [1.165, 1.54) is 25.7 Å². The topological polar surface area (TPSA) is 35.8 Å². The van der Waals surface area contributed by atoms with Crippen molar-refractivity contribution in [2.75, 3.05) is 5.32 Å². The van der Waals surface area contributed by atoms with Gasteiger partial charge in [-0.2, -0.15) is 5.26 Å². The zero-order chi connectivity index (χ0) is 12.3. The van der Waals surface area contributed by atoms with E-state index in [1.807, 2.05) is 12.1 Å². The quantitative estimate of drug-likeness (QED) is 0.851. The van der Waals surface area contributed by atoms with Crippen LogP contribution in [-0.2, 0) is 0 Å². The average molecular weight is 249 g/mol. The lowest BCUT2D eigenvalue weighted by atomic mass is 9.85. The van der Waals surface area contributed by atoms with Gasteiger partial charge < -0.3 is 5.32 Å². The Morgan fingerprint density at radius 2 is 2.12 bits per heavy atom. The summed E-state index contributed by atoms with van der Waals surface area (Å²) >= 11 is 6.02. The molecule has 17 heavy (non-hydrogen) atoms. The van der Waals surface area contributed by atoms with E-state index >= 15 is 0 Å². The van der Waals surface area contributed by atoms with Crippen molar-refractivity contribution in [3.8, 4) is 6.07 Å². The highest BCUT2D eigenvalue weighted by molar-refractivity contribution is 6.32. The second kappa shape index (κ2) is 5.42. The van der Waals surface area contributed by atoms with Crippen molar-refractivity contribution in [1.82, 2.24) is 0 Å². The Kier molecular flexibility index (Phi) is 3.91. The van der Waals surface area contributed by atoms with Crippen LogP contribution in [-0.4, -0.2) is 6.04 Å². The van der Waals surface area contributed by atoms with E-state index in [1.54, 1.807) is 6.07 Å². The first-order valence-corrected chi connectivity index (χ1v) is 6.55. The maximum absolute atomic E-state index is 9.12. The molecule has 2 rings (SSSR count). The van der Waals surface area contributed by atoms with Crippen molar-refractivity contribution in [3.05, 3.63) is 28.8 Å². The molecule has 0 bridgehead atoms. The van der Waals surface area contributed by atoms with Crippen molar-refractivity contribution in [1.29, 1.82) is 5.26 Å². The number of benzene rings is 1. The maximum Gasteiger partial charge on any atom is 0.103 e. The molecule has 3 heteroatoms. The number of rotatable bonds is 2. The highest BCUT2D eigenvalue weighted by Gasteiger charge is 2.22. The molecule has 2 atom stereocenters. The van der Waals surface area contributed by atoms with E-state index < -0.39 is 0 Å². The van der Waals surface area contributed by atoms with Gasteiger partial charge in [-0.25, -0.2) is 0 Å². The zero-order valence-corrected chi connectivity index (χ0v) is 10.8. The molecule has 0 spiro atoms. The Hall–Kier alpha value is -1.20. The normalized spacial score (nSPS) is 24.1. The van der Waals surface area contributed by atoms with Crippen LogP contribution in [0.25, 0.3) is 0 Å². The smallest absolute Gasteiger partial charge is 0.103 e. The number of hydrogen-bond donors (Lipinski definition) is 1. The van der Waals surface area contributed by atoms with Gasteiger partial charge in [0.05, 0.1) is 16.3 Å². The third-order valence-corrected chi connectivity index (χ3v) is 3.89. The first kappa shape index (κ1) is 12.3. The standard InChI is InChI=1S/C14H17ClN2/c1-10-5-2-3-7-13(10)17-14-8-4-6-12(15)11(14)9-16/h4,6,8,10,13,17H,2-3,5,7H2,1H3. The van der Waals surface area contributed by atoms with Crippen LogP contribution >= 0.6 is 11.6 Å². The minimum Gasteiger partial charge on any atom is -0.381 e. The monoisotopic (exact) mass is 248 g/mol. The van der Waals surface area contributed by atoms with Crippen molar-refractivity contribution in [2.24, 2.45) is 5.92 Å². The highest BCUT2D eigenvalue weighted by atomic mass is 35.5. The van der Waals surface area contributed by atoms with E-state index in [0.717, 1.165) is 5.69 Å². The fraction of sp³-hybridized carbons (Fsp3) is 0.500. The van der Waals surface area contributed by atoms with Gasteiger partial charge in [0.15, 0.2) is 0 Å². The molecule has 0 saturated heterocycles. The number of halogens is 1. The molecule has 1 aliphatic carbocycles. The summed E-state index contributed by atoms with van der Waals surface area (Å²) < 4.78 is 0. The number of anilines is 1. The molecule has 0 aromatic heterocycles. The van der Waals surface area contributed by atoms with Gasteiger partial charge in [-0.3, -0.25) is 0 Å².